The standard InChI is InChI=1S/C12H17ClN2O3/c1-8-6-10(16)11(17)7-9(8)2-4-14-12(18)15-5-3-13/h6-7,16-17H,2-5H2,1H3,(H2,14,15,18). The molecule has 0 atom stereocenters. The number of phenols is 2. The molecule has 0 spiro atoms. The van der Waals surface area contributed by atoms with Crippen LogP contribution < -0.4 is 10.6 Å². The molecule has 2 amide bonds. The zero-order chi connectivity index (χ0) is 13.5. The van der Waals surface area contributed by atoms with Gasteiger partial charge in [-0.2, -0.15) is 0 Å². The number of urea groups is 1. The number of aryl methyl sites for hydroxylation is 1. The third-order valence-electron chi connectivity index (χ3n) is 2.49. The second-order valence-corrected chi connectivity index (χ2v) is 4.27. The van der Waals surface area contributed by atoms with E-state index in [1.807, 2.05) is 6.92 Å². The van der Waals surface area contributed by atoms with Crippen LogP contribution in [-0.2, 0) is 6.42 Å². The highest BCUT2D eigenvalue weighted by Gasteiger charge is 2.06. The van der Waals surface area contributed by atoms with Gasteiger partial charge < -0.3 is 20.8 Å². The van der Waals surface area contributed by atoms with Gasteiger partial charge in [0.25, 0.3) is 0 Å². The Hall–Kier alpha value is -1.62. The molecule has 0 radical (unpaired) electrons. The molecular formula is C12H17ClN2O3. The van der Waals surface area contributed by atoms with Crippen molar-refractivity contribution >= 4 is 17.6 Å². The highest BCUT2D eigenvalue weighted by Crippen LogP contribution is 2.27. The van der Waals surface area contributed by atoms with Gasteiger partial charge in [-0.05, 0) is 36.6 Å². The fraction of sp³-hybridized carbons (Fsp3) is 0.417. The summed E-state index contributed by atoms with van der Waals surface area (Å²) in [6.07, 6.45) is 0.577. The molecular weight excluding hydrogens is 256 g/mol. The zero-order valence-corrected chi connectivity index (χ0v) is 10.9. The summed E-state index contributed by atoms with van der Waals surface area (Å²) in [6, 6.07) is 2.73. The van der Waals surface area contributed by atoms with Gasteiger partial charge in [-0.25, -0.2) is 4.79 Å². The number of rotatable bonds is 5. The predicted octanol–water partition coefficient (Wildman–Crippen LogP) is 1.49. The van der Waals surface area contributed by atoms with Gasteiger partial charge in [0, 0.05) is 19.0 Å². The molecule has 0 heterocycles. The number of alkyl halides is 1. The van der Waals surface area contributed by atoms with Crippen molar-refractivity contribution in [2.75, 3.05) is 19.0 Å². The maximum Gasteiger partial charge on any atom is 0.314 e. The molecule has 1 aromatic rings. The van der Waals surface area contributed by atoms with Crippen molar-refractivity contribution in [3.05, 3.63) is 23.3 Å². The minimum absolute atomic E-state index is 0.135. The Morgan fingerprint density at radius 3 is 2.50 bits per heavy atom. The zero-order valence-electron chi connectivity index (χ0n) is 10.2. The molecule has 4 N–H and O–H groups in total. The molecule has 0 saturated carbocycles. The van der Waals surface area contributed by atoms with Crippen molar-refractivity contribution in [2.24, 2.45) is 0 Å². The van der Waals surface area contributed by atoms with Crippen LogP contribution in [0.3, 0.4) is 0 Å². The van der Waals surface area contributed by atoms with Crippen molar-refractivity contribution in [3.63, 3.8) is 0 Å². The first-order chi connectivity index (χ1) is 8.54. The Labute approximate surface area is 111 Å². The maximum atomic E-state index is 11.2. The maximum absolute atomic E-state index is 11.2. The average Bonchev–Trinajstić information content (AvgIpc) is 2.33. The third-order valence-corrected chi connectivity index (χ3v) is 2.68. The predicted molar refractivity (Wildman–Crippen MR) is 70.3 cm³/mol. The second kappa shape index (κ2) is 6.96. The quantitative estimate of drug-likeness (QED) is 0.484. The molecule has 0 bridgehead atoms. The Kier molecular flexibility index (Phi) is 5.58. The summed E-state index contributed by atoms with van der Waals surface area (Å²) in [5.41, 5.74) is 1.75. The number of aromatic hydroxyl groups is 2. The lowest BCUT2D eigenvalue weighted by Gasteiger charge is -2.09. The lowest BCUT2D eigenvalue weighted by Crippen LogP contribution is -2.37. The van der Waals surface area contributed by atoms with E-state index >= 15 is 0 Å². The van der Waals surface area contributed by atoms with Crippen molar-refractivity contribution in [1.29, 1.82) is 0 Å². The molecule has 100 valence electrons. The first-order valence-electron chi connectivity index (χ1n) is 5.63. The lowest BCUT2D eigenvalue weighted by molar-refractivity contribution is 0.241. The van der Waals surface area contributed by atoms with Crippen LogP contribution in [0.25, 0.3) is 0 Å². The first kappa shape index (κ1) is 14.4. The summed E-state index contributed by atoms with van der Waals surface area (Å²) in [4.78, 5) is 11.2. The molecule has 18 heavy (non-hydrogen) atoms. The topological polar surface area (TPSA) is 81.6 Å². The lowest BCUT2D eigenvalue weighted by atomic mass is 10.0. The minimum atomic E-state index is -0.267. The Morgan fingerprint density at radius 1 is 1.22 bits per heavy atom. The van der Waals surface area contributed by atoms with E-state index in [-0.39, 0.29) is 17.5 Å². The normalized spacial score (nSPS) is 10.1. The molecule has 0 aliphatic heterocycles. The van der Waals surface area contributed by atoms with Crippen molar-refractivity contribution in [3.8, 4) is 11.5 Å². The number of amides is 2. The van der Waals surface area contributed by atoms with E-state index in [2.05, 4.69) is 10.6 Å². The van der Waals surface area contributed by atoms with Crippen molar-refractivity contribution in [1.82, 2.24) is 10.6 Å². The molecule has 5 nitrogen and oxygen atoms in total. The molecule has 0 aromatic heterocycles. The van der Waals surface area contributed by atoms with E-state index in [1.165, 1.54) is 12.1 Å². The highest BCUT2D eigenvalue weighted by molar-refractivity contribution is 6.18. The molecule has 1 rings (SSSR count). The van der Waals surface area contributed by atoms with E-state index in [4.69, 9.17) is 11.6 Å². The summed E-state index contributed by atoms with van der Waals surface area (Å²) in [6.45, 7) is 2.70. The van der Waals surface area contributed by atoms with Crippen LogP contribution in [0.15, 0.2) is 12.1 Å². The fourth-order valence-corrected chi connectivity index (χ4v) is 1.62. The number of nitrogens with one attached hydrogen (secondary N) is 2. The van der Waals surface area contributed by atoms with E-state index in [0.717, 1.165) is 11.1 Å². The molecule has 0 aliphatic carbocycles. The summed E-state index contributed by atoms with van der Waals surface area (Å²) < 4.78 is 0. The molecule has 6 heteroatoms. The molecule has 0 aliphatic rings. The van der Waals surface area contributed by atoms with Gasteiger partial charge in [0.15, 0.2) is 11.5 Å². The Balaban J connectivity index is 2.44. The van der Waals surface area contributed by atoms with E-state index < -0.39 is 0 Å². The Bertz CT molecular complexity index is 424. The van der Waals surface area contributed by atoms with Crippen LogP contribution in [0.4, 0.5) is 4.79 Å². The molecule has 0 unspecified atom stereocenters. The monoisotopic (exact) mass is 272 g/mol. The molecule has 0 fully saturated rings. The number of hydrogen-bond acceptors (Lipinski definition) is 3. The largest absolute Gasteiger partial charge is 0.504 e. The average molecular weight is 273 g/mol. The number of carbonyl (C=O) groups is 1. The number of carbonyl (C=O) groups excluding carboxylic acids is 1. The van der Waals surface area contributed by atoms with Crippen LogP contribution in [-0.4, -0.2) is 35.2 Å². The third kappa shape index (κ3) is 4.33. The van der Waals surface area contributed by atoms with Gasteiger partial charge in [-0.3, -0.25) is 0 Å². The number of halogens is 1. The molecule has 0 saturated heterocycles. The van der Waals surface area contributed by atoms with Gasteiger partial charge in [0.05, 0.1) is 0 Å². The Morgan fingerprint density at radius 2 is 1.83 bits per heavy atom. The van der Waals surface area contributed by atoms with Gasteiger partial charge in [-0.15, -0.1) is 11.6 Å². The number of benzene rings is 1. The van der Waals surface area contributed by atoms with Crippen LogP contribution >= 0.6 is 11.6 Å². The molecule has 1 aromatic carbocycles. The number of phenolic OH excluding ortho intramolecular Hbond substituents is 2. The van der Waals surface area contributed by atoms with Gasteiger partial charge in [0.2, 0.25) is 0 Å². The first-order valence-corrected chi connectivity index (χ1v) is 6.17. The minimum Gasteiger partial charge on any atom is -0.504 e. The van der Waals surface area contributed by atoms with Crippen LogP contribution in [0, 0.1) is 6.92 Å². The smallest absolute Gasteiger partial charge is 0.314 e. The van der Waals surface area contributed by atoms with Crippen molar-refractivity contribution in [2.45, 2.75) is 13.3 Å². The summed E-state index contributed by atoms with van der Waals surface area (Å²) in [7, 11) is 0. The highest BCUT2D eigenvalue weighted by atomic mass is 35.5. The summed E-state index contributed by atoms with van der Waals surface area (Å²) in [5.74, 6) is 0.0875. The van der Waals surface area contributed by atoms with E-state index in [9.17, 15) is 15.0 Å². The number of hydrogen-bond donors (Lipinski definition) is 4. The second-order valence-electron chi connectivity index (χ2n) is 3.89. The van der Waals surface area contributed by atoms with Gasteiger partial charge in [0.1, 0.15) is 0 Å². The van der Waals surface area contributed by atoms with E-state index in [0.29, 0.717) is 25.4 Å². The fourth-order valence-electron chi connectivity index (χ4n) is 1.53. The summed E-state index contributed by atoms with van der Waals surface area (Å²) >= 11 is 5.43. The SMILES string of the molecule is Cc1cc(O)c(O)cc1CCNC(=O)NCCCl. The van der Waals surface area contributed by atoms with Crippen LogP contribution in [0.2, 0.25) is 0 Å². The van der Waals surface area contributed by atoms with Gasteiger partial charge in [-0.1, -0.05) is 0 Å². The van der Waals surface area contributed by atoms with Gasteiger partial charge >= 0.3 is 6.03 Å². The summed E-state index contributed by atoms with van der Waals surface area (Å²) in [5, 5.41) is 23.9. The van der Waals surface area contributed by atoms with E-state index in [1.54, 1.807) is 0 Å². The van der Waals surface area contributed by atoms with Crippen molar-refractivity contribution < 1.29 is 15.0 Å². The van der Waals surface area contributed by atoms with Crippen LogP contribution in [0.5, 0.6) is 11.5 Å². The van der Waals surface area contributed by atoms with Crippen LogP contribution in [0.1, 0.15) is 11.1 Å².